The quantitative estimate of drug-likeness (QED) is 0.873. The standard InChI is InChI=1S/C17H16N2O4/c1-4-23-17(21)14-10(2)19-16(22-3)13(9-18)15(14)11-5-7-12(20)8-6-11/h5-8,20H,4H2,1-3H3. The Labute approximate surface area is 133 Å². The maximum absolute atomic E-state index is 12.3. The van der Waals surface area contributed by atoms with Gasteiger partial charge in [-0.05, 0) is 31.5 Å². The van der Waals surface area contributed by atoms with Crippen molar-refractivity contribution in [2.75, 3.05) is 13.7 Å². The number of nitriles is 1. The lowest BCUT2D eigenvalue weighted by molar-refractivity contribution is 0.0525. The number of rotatable bonds is 4. The van der Waals surface area contributed by atoms with Gasteiger partial charge in [-0.2, -0.15) is 5.26 Å². The molecule has 0 aliphatic heterocycles. The average molecular weight is 312 g/mol. The fourth-order valence-corrected chi connectivity index (χ4v) is 2.30. The molecule has 0 spiro atoms. The first-order valence-electron chi connectivity index (χ1n) is 6.98. The van der Waals surface area contributed by atoms with Crippen LogP contribution in [0.4, 0.5) is 0 Å². The number of nitrogens with zero attached hydrogens (tertiary/aromatic N) is 2. The minimum Gasteiger partial charge on any atom is -0.508 e. The van der Waals surface area contributed by atoms with Crippen LogP contribution >= 0.6 is 0 Å². The summed E-state index contributed by atoms with van der Waals surface area (Å²) >= 11 is 0. The summed E-state index contributed by atoms with van der Waals surface area (Å²) < 4.78 is 10.3. The summed E-state index contributed by atoms with van der Waals surface area (Å²) in [6.45, 7) is 3.57. The number of carbonyl (C=O) groups is 1. The van der Waals surface area contributed by atoms with Gasteiger partial charge in [0.15, 0.2) is 0 Å². The zero-order valence-corrected chi connectivity index (χ0v) is 13.1. The van der Waals surface area contributed by atoms with Gasteiger partial charge in [-0.1, -0.05) is 12.1 Å². The van der Waals surface area contributed by atoms with E-state index in [2.05, 4.69) is 4.98 Å². The minimum absolute atomic E-state index is 0.0858. The van der Waals surface area contributed by atoms with Crippen molar-refractivity contribution >= 4 is 5.97 Å². The van der Waals surface area contributed by atoms with E-state index in [0.717, 1.165) is 0 Å². The van der Waals surface area contributed by atoms with Gasteiger partial charge in [-0.15, -0.1) is 0 Å². The Kier molecular flexibility index (Phi) is 4.82. The van der Waals surface area contributed by atoms with E-state index >= 15 is 0 Å². The number of aromatic hydroxyl groups is 1. The lowest BCUT2D eigenvalue weighted by atomic mass is 9.94. The molecule has 23 heavy (non-hydrogen) atoms. The number of hydrogen-bond donors (Lipinski definition) is 1. The summed E-state index contributed by atoms with van der Waals surface area (Å²) in [5, 5.41) is 19.0. The Balaban J connectivity index is 2.83. The first-order valence-corrected chi connectivity index (χ1v) is 6.98. The van der Waals surface area contributed by atoms with Crippen LogP contribution in [-0.4, -0.2) is 29.8 Å². The maximum Gasteiger partial charge on any atom is 0.340 e. The van der Waals surface area contributed by atoms with Crippen molar-refractivity contribution in [1.82, 2.24) is 4.98 Å². The van der Waals surface area contributed by atoms with Gasteiger partial charge in [-0.25, -0.2) is 9.78 Å². The van der Waals surface area contributed by atoms with Crippen LogP contribution in [0.3, 0.4) is 0 Å². The second kappa shape index (κ2) is 6.79. The number of hydrogen-bond acceptors (Lipinski definition) is 6. The summed E-state index contributed by atoms with van der Waals surface area (Å²) in [5.74, 6) is -0.330. The second-order valence-electron chi connectivity index (χ2n) is 4.71. The molecule has 0 atom stereocenters. The zero-order valence-electron chi connectivity index (χ0n) is 13.1. The van der Waals surface area contributed by atoms with Crippen LogP contribution in [-0.2, 0) is 4.74 Å². The fourth-order valence-electron chi connectivity index (χ4n) is 2.30. The SMILES string of the molecule is CCOC(=O)c1c(C)nc(OC)c(C#N)c1-c1ccc(O)cc1. The van der Waals surface area contributed by atoms with Gasteiger partial charge in [0.25, 0.3) is 0 Å². The van der Waals surface area contributed by atoms with Crippen molar-refractivity contribution in [2.24, 2.45) is 0 Å². The second-order valence-corrected chi connectivity index (χ2v) is 4.71. The average Bonchev–Trinajstić information content (AvgIpc) is 2.54. The Bertz CT molecular complexity index is 777. The van der Waals surface area contributed by atoms with E-state index in [9.17, 15) is 15.2 Å². The summed E-state index contributed by atoms with van der Waals surface area (Å²) in [6, 6.07) is 8.23. The van der Waals surface area contributed by atoms with E-state index in [1.807, 2.05) is 6.07 Å². The Morgan fingerprint density at radius 1 is 1.35 bits per heavy atom. The Hall–Kier alpha value is -3.07. The summed E-state index contributed by atoms with van der Waals surface area (Å²) in [6.07, 6.45) is 0. The molecule has 0 fully saturated rings. The van der Waals surface area contributed by atoms with Crippen LogP contribution in [0.15, 0.2) is 24.3 Å². The highest BCUT2D eigenvalue weighted by atomic mass is 16.5. The predicted octanol–water partition coefficient (Wildman–Crippen LogP) is 2.82. The van der Waals surface area contributed by atoms with Crippen LogP contribution < -0.4 is 4.74 Å². The van der Waals surface area contributed by atoms with Crippen molar-refractivity contribution in [3.63, 3.8) is 0 Å². The molecular formula is C17H16N2O4. The minimum atomic E-state index is -0.556. The van der Waals surface area contributed by atoms with Crippen LogP contribution in [0.25, 0.3) is 11.1 Å². The molecule has 2 aromatic rings. The molecule has 0 unspecified atom stereocenters. The molecule has 0 saturated heterocycles. The molecule has 6 heteroatoms. The molecule has 1 heterocycles. The van der Waals surface area contributed by atoms with Gasteiger partial charge in [0.05, 0.1) is 25.0 Å². The Morgan fingerprint density at radius 3 is 2.52 bits per heavy atom. The lowest BCUT2D eigenvalue weighted by Crippen LogP contribution is -2.12. The van der Waals surface area contributed by atoms with Crippen molar-refractivity contribution in [3.8, 4) is 28.8 Å². The third-order valence-electron chi connectivity index (χ3n) is 3.29. The first kappa shape index (κ1) is 16.3. The summed E-state index contributed by atoms with van der Waals surface area (Å²) in [7, 11) is 1.41. The first-order chi connectivity index (χ1) is 11.0. The molecule has 0 aliphatic rings. The maximum atomic E-state index is 12.3. The highest BCUT2D eigenvalue weighted by Gasteiger charge is 2.25. The van der Waals surface area contributed by atoms with Crippen molar-refractivity contribution in [3.05, 3.63) is 41.1 Å². The highest BCUT2D eigenvalue weighted by molar-refractivity contribution is 6.00. The van der Waals surface area contributed by atoms with Crippen LogP contribution in [0.1, 0.15) is 28.5 Å². The summed E-state index contributed by atoms with van der Waals surface area (Å²) in [4.78, 5) is 16.5. The molecule has 118 valence electrons. The van der Waals surface area contributed by atoms with Crippen LogP contribution in [0.2, 0.25) is 0 Å². The number of esters is 1. The number of aryl methyl sites for hydroxylation is 1. The van der Waals surface area contributed by atoms with E-state index in [1.165, 1.54) is 19.2 Å². The molecule has 2 rings (SSSR count). The lowest BCUT2D eigenvalue weighted by Gasteiger charge is -2.15. The van der Waals surface area contributed by atoms with E-state index in [0.29, 0.717) is 16.8 Å². The van der Waals surface area contributed by atoms with Crippen molar-refractivity contribution in [1.29, 1.82) is 5.26 Å². The molecule has 0 aliphatic carbocycles. The normalized spacial score (nSPS) is 10.0. The number of aromatic nitrogens is 1. The molecule has 0 bridgehead atoms. The molecule has 1 aromatic carbocycles. The predicted molar refractivity (Wildman–Crippen MR) is 83.3 cm³/mol. The smallest absolute Gasteiger partial charge is 0.340 e. The number of phenols is 1. The number of benzene rings is 1. The zero-order chi connectivity index (χ0) is 17.0. The molecule has 1 aromatic heterocycles. The van der Waals surface area contributed by atoms with Crippen LogP contribution in [0.5, 0.6) is 11.6 Å². The molecule has 0 radical (unpaired) electrons. The van der Waals surface area contributed by atoms with Gasteiger partial charge in [0.2, 0.25) is 5.88 Å². The van der Waals surface area contributed by atoms with E-state index in [-0.39, 0.29) is 29.4 Å². The number of methoxy groups -OCH3 is 1. The van der Waals surface area contributed by atoms with Gasteiger partial charge in [0, 0.05) is 5.56 Å². The van der Waals surface area contributed by atoms with Crippen molar-refractivity contribution < 1.29 is 19.4 Å². The van der Waals surface area contributed by atoms with E-state index < -0.39 is 5.97 Å². The summed E-state index contributed by atoms with van der Waals surface area (Å²) in [5.41, 5.74) is 1.74. The largest absolute Gasteiger partial charge is 0.508 e. The third-order valence-corrected chi connectivity index (χ3v) is 3.29. The topological polar surface area (TPSA) is 92.4 Å². The molecular weight excluding hydrogens is 296 g/mol. The highest BCUT2D eigenvalue weighted by Crippen LogP contribution is 2.35. The molecule has 1 N–H and O–H groups in total. The number of ether oxygens (including phenoxy) is 2. The molecule has 6 nitrogen and oxygen atoms in total. The third kappa shape index (κ3) is 3.09. The number of phenolic OH excluding ortho intramolecular Hbond substituents is 1. The van der Waals surface area contributed by atoms with Gasteiger partial charge in [0.1, 0.15) is 17.4 Å². The van der Waals surface area contributed by atoms with Gasteiger partial charge in [-0.3, -0.25) is 0 Å². The van der Waals surface area contributed by atoms with Crippen molar-refractivity contribution in [2.45, 2.75) is 13.8 Å². The number of carbonyl (C=O) groups excluding carboxylic acids is 1. The number of pyridine rings is 1. The Morgan fingerprint density at radius 2 is 2.00 bits per heavy atom. The van der Waals surface area contributed by atoms with Gasteiger partial charge < -0.3 is 14.6 Å². The van der Waals surface area contributed by atoms with Crippen LogP contribution in [0, 0.1) is 18.3 Å². The molecule has 0 saturated carbocycles. The fraction of sp³-hybridized carbons (Fsp3) is 0.235. The van der Waals surface area contributed by atoms with E-state index in [4.69, 9.17) is 9.47 Å². The van der Waals surface area contributed by atoms with E-state index in [1.54, 1.807) is 26.0 Å². The van der Waals surface area contributed by atoms with Gasteiger partial charge >= 0.3 is 5.97 Å². The molecule has 0 amide bonds. The monoisotopic (exact) mass is 312 g/mol.